The molecule has 0 unspecified atom stereocenters. The summed E-state index contributed by atoms with van der Waals surface area (Å²) in [6, 6.07) is 54.3. The summed E-state index contributed by atoms with van der Waals surface area (Å²) in [4.78, 5) is 28.4. The molecule has 0 saturated carbocycles. The van der Waals surface area contributed by atoms with E-state index in [0.29, 0.717) is 29.1 Å². The molecular formula is C51H36N6O. The number of hydrogen-bond acceptors (Lipinski definition) is 7. The van der Waals surface area contributed by atoms with Gasteiger partial charge in [-0.15, -0.1) is 0 Å². The van der Waals surface area contributed by atoms with Gasteiger partial charge < -0.3 is 4.42 Å². The van der Waals surface area contributed by atoms with Crippen molar-refractivity contribution in [1.82, 2.24) is 29.9 Å². The van der Waals surface area contributed by atoms with Gasteiger partial charge in [-0.25, -0.2) is 29.9 Å². The second-order valence-electron chi connectivity index (χ2n) is 14.7. The minimum atomic E-state index is 0.629. The highest BCUT2D eigenvalue weighted by Gasteiger charge is 2.15. The number of hydrogen-bond donors (Lipinski definition) is 0. The van der Waals surface area contributed by atoms with Crippen molar-refractivity contribution in [1.29, 1.82) is 0 Å². The molecule has 10 rings (SSSR count). The third-order valence-electron chi connectivity index (χ3n) is 10.6. The van der Waals surface area contributed by atoms with E-state index in [2.05, 4.69) is 176 Å². The van der Waals surface area contributed by atoms with Crippen LogP contribution in [-0.2, 0) is 0 Å². The number of aryl methyl sites for hydroxylation is 3. The van der Waals surface area contributed by atoms with Gasteiger partial charge in [-0.2, -0.15) is 0 Å². The van der Waals surface area contributed by atoms with Crippen LogP contribution in [0.15, 0.2) is 168 Å². The molecule has 58 heavy (non-hydrogen) atoms. The Kier molecular flexibility index (Phi) is 8.68. The van der Waals surface area contributed by atoms with Crippen LogP contribution in [0, 0.1) is 20.8 Å². The van der Waals surface area contributed by atoms with Crippen LogP contribution in [0.4, 0.5) is 0 Å². The summed E-state index contributed by atoms with van der Waals surface area (Å²) in [5.41, 5.74) is 14.3. The zero-order chi connectivity index (χ0) is 39.2. The second-order valence-corrected chi connectivity index (χ2v) is 14.7. The Bertz CT molecular complexity index is 3040. The molecule has 0 spiro atoms. The van der Waals surface area contributed by atoms with Crippen LogP contribution in [0.5, 0.6) is 0 Å². The van der Waals surface area contributed by atoms with Crippen LogP contribution in [0.1, 0.15) is 16.7 Å². The van der Waals surface area contributed by atoms with Gasteiger partial charge in [-0.1, -0.05) is 150 Å². The second kappa shape index (κ2) is 14.5. The van der Waals surface area contributed by atoms with Gasteiger partial charge in [0.25, 0.3) is 0 Å². The molecule has 0 aliphatic rings. The predicted octanol–water partition coefficient (Wildman–Crippen LogP) is 12.6. The predicted molar refractivity (Wildman–Crippen MR) is 233 cm³/mol. The van der Waals surface area contributed by atoms with Crippen molar-refractivity contribution >= 4 is 21.9 Å². The van der Waals surface area contributed by atoms with Crippen molar-refractivity contribution in [3.8, 4) is 79.2 Å². The first-order valence-electron chi connectivity index (χ1n) is 19.2. The Labute approximate surface area is 335 Å². The summed E-state index contributed by atoms with van der Waals surface area (Å²) in [5, 5.41) is 2.12. The summed E-state index contributed by atoms with van der Waals surface area (Å²) < 4.78 is 6.31. The number of furan rings is 1. The Hall–Kier alpha value is -7.64. The van der Waals surface area contributed by atoms with Gasteiger partial charge in [0.1, 0.15) is 17.5 Å². The fourth-order valence-corrected chi connectivity index (χ4v) is 7.21. The van der Waals surface area contributed by atoms with E-state index >= 15 is 0 Å². The molecule has 276 valence electrons. The standard InChI is InChI=1S/C51H36N6O/c1-31-4-10-36(11-5-31)47-52-30-53-48(54-47)37-20-16-34(17-21-37)41-24-26-45-43(28-41)44-29-42(25-27-46(44)58-45)35-18-22-40(23-19-35)51-56-49(38-12-6-32(2)7-13-38)55-50(57-51)39-14-8-33(3)9-15-39/h4-30H,1-3H3. The van der Waals surface area contributed by atoms with E-state index in [4.69, 9.17) is 24.4 Å². The largest absolute Gasteiger partial charge is 0.456 e. The van der Waals surface area contributed by atoms with E-state index in [1.54, 1.807) is 6.33 Å². The number of aromatic nitrogens is 6. The molecule has 0 saturated heterocycles. The first-order valence-corrected chi connectivity index (χ1v) is 19.2. The lowest BCUT2D eigenvalue weighted by atomic mass is 9.99. The third-order valence-corrected chi connectivity index (χ3v) is 10.6. The van der Waals surface area contributed by atoms with Gasteiger partial charge in [0, 0.05) is 38.6 Å². The Morgan fingerprint density at radius 3 is 0.931 bits per heavy atom. The fraction of sp³-hybridized carbons (Fsp3) is 0.0588. The smallest absolute Gasteiger partial charge is 0.164 e. The highest BCUT2D eigenvalue weighted by Crippen LogP contribution is 2.36. The minimum absolute atomic E-state index is 0.629. The van der Waals surface area contributed by atoms with Crippen LogP contribution in [-0.4, -0.2) is 29.9 Å². The van der Waals surface area contributed by atoms with E-state index in [0.717, 1.165) is 72.0 Å². The minimum Gasteiger partial charge on any atom is -0.456 e. The van der Waals surface area contributed by atoms with Crippen molar-refractivity contribution in [3.63, 3.8) is 0 Å². The zero-order valence-corrected chi connectivity index (χ0v) is 32.2. The van der Waals surface area contributed by atoms with Crippen LogP contribution >= 0.6 is 0 Å². The van der Waals surface area contributed by atoms with Crippen molar-refractivity contribution in [3.05, 3.63) is 181 Å². The number of fused-ring (bicyclic) bond motifs is 3. The summed E-state index contributed by atoms with van der Waals surface area (Å²) >= 11 is 0. The molecular weight excluding hydrogens is 713 g/mol. The van der Waals surface area contributed by atoms with Crippen LogP contribution in [0.3, 0.4) is 0 Å². The molecule has 7 nitrogen and oxygen atoms in total. The van der Waals surface area contributed by atoms with Gasteiger partial charge in [0.2, 0.25) is 0 Å². The van der Waals surface area contributed by atoms with Crippen LogP contribution < -0.4 is 0 Å². The van der Waals surface area contributed by atoms with Gasteiger partial charge >= 0.3 is 0 Å². The molecule has 0 amide bonds. The monoisotopic (exact) mass is 748 g/mol. The first-order chi connectivity index (χ1) is 28.4. The van der Waals surface area contributed by atoms with E-state index in [9.17, 15) is 0 Å². The number of benzene rings is 7. The van der Waals surface area contributed by atoms with Crippen LogP contribution in [0.25, 0.3) is 101 Å². The molecule has 0 N–H and O–H groups in total. The molecule has 0 aliphatic heterocycles. The first kappa shape index (κ1) is 34.8. The van der Waals surface area contributed by atoms with E-state index < -0.39 is 0 Å². The lowest BCUT2D eigenvalue weighted by molar-refractivity contribution is 0.669. The molecule has 7 heteroatoms. The molecule has 10 aromatic rings. The average Bonchev–Trinajstić information content (AvgIpc) is 3.64. The SMILES string of the molecule is Cc1ccc(-c2ncnc(-c3ccc(-c4ccc5oc6ccc(-c7ccc(-c8nc(-c9ccc(C)cc9)nc(-c9ccc(C)cc9)n8)cc7)cc6c5c4)cc3)n2)cc1. The van der Waals surface area contributed by atoms with Gasteiger partial charge in [0.15, 0.2) is 29.1 Å². The van der Waals surface area contributed by atoms with Gasteiger partial charge in [0.05, 0.1) is 0 Å². The number of nitrogens with zero attached hydrogens (tertiary/aromatic N) is 6. The topological polar surface area (TPSA) is 90.5 Å². The summed E-state index contributed by atoms with van der Waals surface area (Å²) in [6.45, 7) is 6.22. The summed E-state index contributed by atoms with van der Waals surface area (Å²) in [7, 11) is 0. The zero-order valence-electron chi connectivity index (χ0n) is 32.2. The Morgan fingerprint density at radius 1 is 0.293 bits per heavy atom. The van der Waals surface area contributed by atoms with Gasteiger partial charge in [-0.3, -0.25) is 0 Å². The Morgan fingerprint density at radius 2 is 0.569 bits per heavy atom. The lowest BCUT2D eigenvalue weighted by Crippen LogP contribution is -2.00. The molecule has 0 fully saturated rings. The normalized spacial score (nSPS) is 11.4. The molecule has 7 aromatic carbocycles. The van der Waals surface area contributed by atoms with Crippen molar-refractivity contribution in [2.75, 3.05) is 0 Å². The molecule has 0 bridgehead atoms. The molecule has 0 atom stereocenters. The lowest BCUT2D eigenvalue weighted by Gasteiger charge is -2.09. The summed E-state index contributed by atoms with van der Waals surface area (Å²) in [5.74, 6) is 3.22. The highest BCUT2D eigenvalue weighted by molar-refractivity contribution is 6.07. The number of rotatable bonds is 7. The molecule has 3 heterocycles. The van der Waals surface area contributed by atoms with E-state index in [1.165, 1.54) is 16.7 Å². The maximum absolute atomic E-state index is 6.31. The molecule has 0 aliphatic carbocycles. The van der Waals surface area contributed by atoms with Crippen molar-refractivity contribution in [2.24, 2.45) is 0 Å². The maximum Gasteiger partial charge on any atom is 0.164 e. The van der Waals surface area contributed by atoms with Crippen molar-refractivity contribution in [2.45, 2.75) is 20.8 Å². The van der Waals surface area contributed by atoms with Crippen molar-refractivity contribution < 1.29 is 4.42 Å². The Balaban J connectivity index is 0.946. The summed E-state index contributed by atoms with van der Waals surface area (Å²) in [6.07, 6.45) is 1.58. The molecule has 3 aromatic heterocycles. The van der Waals surface area contributed by atoms with E-state index in [-0.39, 0.29) is 0 Å². The maximum atomic E-state index is 6.31. The van der Waals surface area contributed by atoms with Crippen LogP contribution in [0.2, 0.25) is 0 Å². The van der Waals surface area contributed by atoms with E-state index in [1.807, 2.05) is 12.1 Å². The average molecular weight is 749 g/mol. The van der Waals surface area contributed by atoms with Gasteiger partial charge in [-0.05, 0) is 67.3 Å². The molecule has 0 radical (unpaired) electrons. The highest BCUT2D eigenvalue weighted by atomic mass is 16.3. The quantitative estimate of drug-likeness (QED) is 0.160. The third kappa shape index (κ3) is 6.79. The fourth-order valence-electron chi connectivity index (χ4n) is 7.21.